The van der Waals surface area contributed by atoms with E-state index in [1.54, 1.807) is 0 Å². The molecule has 1 amide bonds. The van der Waals surface area contributed by atoms with Crippen LogP contribution in [0.4, 0.5) is 5.69 Å². The number of carbonyl (C=O) groups excluding carboxylic acids is 1. The maximum atomic E-state index is 12.6. The van der Waals surface area contributed by atoms with Crippen LogP contribution in [0.1, 0.15) is 19.4 Å². The first kappa shape index (κ1) is 17.5. The second-order valence-corrected chi connectivity index (χ2v) is 7.68. The lowest BCUT2D eigenvalue weighted by molar-refractivity contribution is -0.115. The Bertz CT molecular complexity index is 1100. The highest BCUT2D eigenvalue weighted by Crippen LogP contribution is 2.26. The number of aryl methyl sites for hydroxylation is 1. The SMILES string of the molecule is CCc1ccc(NC(=O)[C@H](C)Sc2nnc3ccc4ccccc4n23)cc1. The van der Waals surface area contributed by atoms with Gasteiger partial charge in [0.15, 0.2) is 10.8 Å². The van der Waals surface area contributed by atoms with E-state index in [0.717, 1.165) is 28.7 Å². The lowest BCUT2D eigenvalue weighted by Crippen LogP contribution is -2.22. The van der Waals surface area contributed by atoms with Gasteiger partial charge in [0, 0.05) is 5.69 Å². The molecule has 2 aromatic carbocycles. The molecule has 4 aromatic rings. The number of carbonyl (C=O) groups is 1. The van der Waals surface area contributed by atoms with E-state index < -0.39 is 0 Å². The van der Waals surface area contributed by atoms with Crippen molar-refractivity contribution in [2.24, 2.45) is 0 Å². The van der Waals surface area contributed by atoms with Crippen LogP contribution in [0.3, 0.4) is 0 Å². The van der Waals surface area contributed by atoms with Crippen molar-refractivity contribution in [2.45, 2.75) is 30.7 Å². The molecular weight excluding hydrogens is 356 g/mol. The van der Waals surface area contributed by atoms with Gasteiger partial charge in [0.05, 0.1) is 10.8 Å². The van der Waals surface area contributed by atoms with Crippen molar-refractivity contribution >= 4 is 39.9 Å². The van der Waals surface area contributed by atoms with Crippen LogP contribution in [-0.2, 0) is 11.2 Å². The third-order valence-electron chi connectivity index (χ3n) is 4.53. The van der Waals surface area contributed by atoms with Crippen molar-refractivity contribution in [3.63, 3.8) is 0 Å². The topological polar surface area (TPSA) is 59.3 Å². The third kappa shape index (κ3) is 3.53. The molecule has 0 aliphatic carbocycles. The number of nitrogens with one attached hydrogen (secondary N) is 1. The van der Waals surface area contributed by atoms with Crippen molar-refractivity contribution in [2.75, 3.05) is 5.32 Å². The molecule has 6 heteroatoms. The summed E-state index contributed by atoms with van der Waals surface area (Å²) in [5.74, 6) is -0.0544. The van der Waals surface area contributed by atoms with E-state index in [4.69, 9.17) is 0 Å². The first-order chi connectivity index (χ1) is 13.2. The molecule has 0 unspecified atom stereocenters. The predicted octanol–water partition coefficient (Wildman–Crippen LogP) is 4.56. The van der Waals surface area contributed by atoms with Crippen molar-refractivity contribution < 1.29 is 4.79 Å². The van der Waals surface area contributed by atoms with Gasteiger partial charge in [0.1, 0.15) is 0 Å². The molecule has 0 bridgehead atoms. The molecule has 4 rings (SSSR count). The summed E-state index contributed by atoms with van der Waals surface area (Å²) in [6.07, 6.45) is 0.981. The van der Waals surface area contributed by atoms with Crippen LogP contribution in [0.15, 0.2) is 65.8 Å². The van der Waals surface area contributed by atoms with Crippen molar-refractivity contribution in [3.8, 4) is 0 Å². The summed E-state index contributed by atoms with van der Waals surface area (Å²) in [5, 5.41) is 13.0. The van der Waals surface area contributed by atoms with E-state index in [0.29, 0.717) is 5.16 Å². The smallest absolute Gasteiger partial charge is 0.237 e. The number of para-hydroxylation sites is 1. The normalized spacial score (nSPS) is 12.4. The maximum Gasteiger partial charge on any atom is 0.237 e. The summed E-state index contributed by atoms with van der Waals surface area (Å²) in [4.78, 5) is 12.6. The number of hydrogen-bond acceptors (Lipinski definition) is 4. The zero-order chi connectivity index (χ0) is 18.8. The standard InChI is InChI=1S/C21H20N4OS/c1-3-15-8-11-17(12-9-15)22-20(26)14(2)27-21-24-23-19-13-10-16-6-4-5-7-18(16)25(19)21/h4-14H,3H2,1-2H3,(H,22,26)/t14-/m0/s1. The summed E-state index contributed by atoms with van der Waals surface area (Å²) in [5.41, 5.74) is 3.86. The molecule has 27 heavy (non-hydrogen) atoms. The van der Waals surface area contributed by atoms with Crippen LogP contribution in [0.5, 0.6) is 0 Å². The number of rotatable bonds is 5. The number of pyridine rings is 1. The molecule has 5 nitrogen and oxygen atoms in total. The number of hydrogen-bond donors (Lipinski definition) is 1. The molecule has 0 fully saturated rings. The Hall–Kier alpha value is -2.86. The molecular formula is C21H20N4OS. The minimum absolute atomic E-state index is 0.0544. The zero-order valence-electron chi connectivity index (χ0n) is 15.2. The molecule has 1 atom stereocenters. The van der Waals surface area contributed by atoms with Gasteiger partial charge in [0.25, 0.3) is 0 Å². The summed E-state index contributed by atoms with van der Waals surface area (Å²) in [6, 6.07) is 20.0. The molecule has 0 saturated carbocycles. The van der Waals surface area contributed by atoms with Crippen LogP contribution in [0.2, 0.25) is 0 Å². The fraction of sp³-hybridized carbons (Fsp3) is 0.190. The Morgan fingerprint density at radius 2 is 1.85 bits per heavy atom. The van der Waals surface area contributed by atoms with Crippen molar-refractivity contribution in [1.29, 1.82) is 0 Å². The van der Waals surface area contributed by atoms with Crippen molar-refractivity contribution in [1.82, 2.24) is 14.6 Å². The van der Waals surface area contributed by atoms with Gasteiger partial charge in [-0.1, -0.05) is 49.0 Å². The second-order valence-electron chi connectivity index (χ2n) is 6.37. The van der Waals surface area contributed by atoms with E-state index in [9.17, 15) is 4.79 Å². The highest BCUT2D eigenvalue weighted by molar-refractivity contribution is 8.00. The fourth-order valence-electron chi connectivity index (χ4n) is 2.97. The molecule has 1 N–H and O–H groups in total. The molecule has 0 aliphatic heterocycles. The summed E-state index contributed by atoms with van der Waals surface area (Å²) >= 11 is 1.41. The highest BCUT2D eigenvalue weighted by atomic mass is 32.2. The first-order valence-corrected chi connectivity index (χ1v) is 9.83. The van der Waals surface area contributed by atoms with Gasteiger partial charge in [-0.15, -0.1) is 10.2 Å². The van der Waals surface area contributed by atoms with E-state index in [1.807, 2.05) is 65.9 Å². The van der Waals surface area contributed by atoms with Gasteiger partial charge in [0.2, 0.25) is 5.91 Å². The van der Waals surface area contributed by atoms with Crippen LogP contribution < -0.4 is 5.32 Å². The van der Waals surface area contributed by atoms with Crippen LogP contribution in [-0.4, -0.2) is 25.8 Å². The molecule has 0 radical (unpaired) electrons. The lowest BCUT2D eigenvalue weighted by Gasteiger charge is -2.12. The molecule has 0 spiro atoms. The molecule has 0 saturated heterocycles. The summed E-state index contributed by atoms with van der Waals surface area (Å²) < 4.78 is 2.00. The zero-order valence-corrected chi connectivity index (χ0v) is 16.0. The summed E-state index contributed by atoms with van der Waals surface area (Å²) in [6.45, 7) is 3.99. The Balaban J connectivity index is 1.56. The van der Waals surface area contributed by atoms with Gasteiger partial charge in [-0.3, -0.25) is 9.20 Å². The lowest BCUT2D eigenvalue weighted by atomic mass is 10.1. The average Bonchev–Trinajstić information content (AvgIpc) is 3.12. The number of anilines is 1. The van der Waals surface area contributed by atoms with Gasteiger partial charge in [-0.25, -0.2) is 0 Å². The minimum atomic E-state index is -0.303. The number of nitrogens with zero attached hydrogens (tertiary/aromatic N) is 3. The Morgan fingerprint density at radius 1 is 1.07 bits per heavy atom. The Labute approximate surface area is 161 Å². The van der Waals surface area contributed by atoms with Crippen LogP contribution >= 0.6 is 11.8 Å². The minimum Gasteiger partial charge on any atom is -0.325 e. The molecule has 2 heterocycles. The number of amides is 1. The number of aromatic nitrogens is 3. The number of benzene rings is 2. The maximum absolute atomic E-state index is 12.6. The monoisotopic (exact) mass is 376 g/mol. The molecule has 2 aromatic heterocycles. The highest BCUT2D eigenvalue weighted by Gasteiger charge is 2.19. The Kier molecular flexibility index (Phi) is 4.81. The van der Waals surface area contributed by atoms with Crippen molar-refractivity contribution in [3.05, 3.63) is 66.2 Å². The number of fused-ring (bicyclic) bond motifs is 3. The quantitative estimate of drug-likeness (QED) is 0.519. The Morgan fingerprint density at radius 3 is 2.63 bits per heavy atom. The predicted molar refractivity (Wildman–Crippen MR) is 110 cm³/mol. The number of thioether (sulfide) groups is 1. The van der Waals surface area contributed by atoms with E-state index >= 15 is 0 Å². The fourth-order valence-corrected chi connectivity index (χ4v) is 3.84. The largest absolute Gasteiger partial charge is 0.325 e. The third-order valence-corrected chi connectivity index (χ3v) is 5.57. The van der Waals surface area contributed by atoms with Gasteiger partial charge in [-0.2, -0.15) is 0 Å². The van der Waals surface area contributed by atoms with E-state index in [-0.39, 0.29) is 11.2 Å². The van der Waals surface area contributed by atoms with Gasteiger partial charge in [-0.05, 0) is 54.6 Å². The molecule has 136 valence electrons. The van der Waals surface area contributed by atoms with Gasteiger partial charge >= 0.3 is 0 Å². The van der Waals surface area contributed by atoms with Gasteiger partial charge < -0.3 is 5.32 Å². The van der Waals surface area contributed by atoms with E-state index in [2.05, 4.69) is 28.5 Å². The van der Waals surface area contributed by atoms with Crippen LogP contribution in [0, 0.1) is 0 Å². The first-order valence-electron chi connectivity index (χ1n) is 8.95. The second kappa shape index (κ2) is 7.40. The summed E-state index contributed by atoms with van der Waals surface area (Å²) in [7, 11) is 0. The van der Waals surface area contributed by atoms with E-state index in [1.165, 1.54) is 17.3 Å². The van der Waals surface area contributed by atoms with Crippen LogP contribution in [0.25, 0.3) is 16.6 Å². The molecule has 0 aliphatic rings. The average molecular weight is 376 g/mol.